The number of rotatable bonds is 6. The highest BCUT2D eigenvalue weighted by molar-refractivity contribution is 7.13. The molecule has 9 heteroatoms. The normalized spacial score (nSPS) is 20.7. The summed E-state index contributed by atoms with van der Waals surface area (Å²) in [6.07, 6.45) is 4.55. The molecule has 35 heavy (non-hydrogen) atoms. The third-order valence-electron chi connectivity index (χ3n) is 7.26. The number of ether oxygens (including phenoxy) is 1. The minimum Gasteiger partial charge on any atom is -0.440 e. The zero-order valence-corrected chi connectivity index (χ0v) is 20.2. The number of hydrogen-bond donors (Lipinski definition) is 3. The Morgan fingerprint density at radius 1 is 1.20 bits per heavy atom. The van der Waals surface area contributed by atoms with Crippen LogP contribution in [0.3, 0.4) is 0 Å². The average Bonchev–Trinajstić information content (AvgIpc) is 3.47. The van der Waals surface area contributed by atoms with E-state index in [0.29, 0.717) is 29.3 Å². The van der Waals surface area contributed by atoms with Crippen LogP contribution in [0.15, 0.2) is 54.0 Å². The number of pyridine rings is 1. The fraction of sp³-hybridized carbons (Fsp3) is 0.385. The van der Waals surface area contributed by atoms with E-state index in [9.17, 15) is 9.90 Å². The van der Waals surface area contributed by atoms with Crippen molar-refractivity contribution in [1.82, 2.24) is 9.88 Å². The lowest BCUT2D eigenvalue weighted by Crippen LogP contribution is -2.47. The number of carbonyl (C=O) groups excluding carboxylic acids is 1. The Kier molecular flexibility index (Phi) is 5.63. The number of aliphatic hydroxyl groups excluding tert-OH is 1. The summed E-state index contributed by atoms with van der Waals surface area (Å²) in [7, 11) is 0. The van der Waals surface area contributed by atoms with Crippen molar-refractivity contribution < 1.29 is 14.6 Å². The topological polar surface area (TPSA) is 104 Å². The smallest absolute Gasteiger partial charge is 0.416 e. The zero-order chi connectivity index (χ0) is 24.0. The molecule has 1 atom stereocenters. The highest BCUT2D eigenvalue weighted by Crippen LogP contribution is 2.38. The van der Waals surface area contributed by atoms with Gasteiger partial charge in [-0.25, -0.2) is 9.78 Å². The van der Waals surface area contributed by atoms with E-state index in [0.717, 1.165) is 42.4 Å². The first-order chi connectivity index (χ1) is 17.0. The van der Waals surface area contributed by atoms with Gasteiger partial charge in [0.1, 0.15) is 11.4 Å². The van der Waals surface area contributed by atoms with Crippen molar-refractivity contribution in [1.29, 1.82) is 0 Å². The summed E-state index contributed by atoms with van der Waals surface area (Å²) in [5, 5.41) is 15.9. The Morgan fingerprint density at radius 3 is 2.71 bits per heavy atom. The standard InChI is InChI=1S/C26H29N5O3S/c27-20-7-3-17(22-2-1-13-35-22)14-21(20)29-24(32)18-4-8-23(28-15-18)31-16-26(34-25(31)33)9-11-30(12-10-26)19-5-6-19/h1-4,7-8,13-15,19,24,29,32H,5-6,9-12,16,27H2. The van der Waals surface area contributed by atoms with Gasteiger partial charge in [-0.3, -0.25) is 4.90 Å². The first-order valence-electron chi connectivity index (χ1n) is 12.1. The quantitative estimate of drug-likeness (QED) is 0.346. The van der Waals surface area contributed by atoms with Crippen molar-refractivity contribution in [2.45, 2.75) is 43.6 Å². The zero-order valence-electron chi connectivity index (χ0n) is 19.4. The molecule has 1 saturated carbocycles. The highest BCUT2D eigenvalue weighted by atomic mass is 32.1. The van der Waals surface area contributed by atoms with Crippen LogP contribution in [0, 0.1) is 0 Å². The lowest BCUT2D eigenvalue weighted by Gasteiger charge is -2.37. The number of aliphatic hydroxyl groups is 1. The molecule has 4 heterocycles. The second kappa shape index (κ2) is 8.82. The van der Waals surface area contributed by atoms with Gasteiger partial charge in [-0.2, -0.15) is 0 Å². The van der Waals surface area contributed by atoms with Gasteiger partial charge >= 0.3 is 6.09 Å². The molecule has 6 rings (SSSR count). The van der Waals surface area contributed by atoms with Crippen LogP contribution in [0.2, 0.25) is 0 Å². The molecular weight excluding hydrogens is 462 g/mol. The number of nitrogen functional groups attached to an aromatic ring is 1. The van der Waals surface area contributed by atoms with E-state index >= 15 is 0 Å². The molecule has 1 spiro atoms. The molecule has 182 valence electrons. The van der Waals surface area contributed by atoms with Gasteiger partial charge in [0.25, 0.3) is 0 Å². The summed E-state index contributed by atoms with van der Waals surface area (Å²) in [6.45, 7) is 2.48. The molecule has 3 aliphatic rings. The van der Waals surface area contributed by atoms with E-state index in [4.69, 9.17) is 10.5 Å². The molecule has 0 bridgehead atoms. The number of amides is 1. The van der Waals surface area contributed by atoms with E-state index < -0.39 is 11.8 Å². The van der Waals surface area contributed by atoms with Crippen molar-refractivity contribution in [3.8, 4) is 10.4 Å². The van der Waals surface area contributed by atoms with Crippen LogP contribution in [-0.2, 0) is 4.74 Å². The number of nitrogens with one attached hydrogen (secondary N) is 1. The predicted octanol–water partition coefficient (Wildman–Crippen LogP) is 4.45. The Balaban J connectivity index is 1.12. The van der Waals surface area contributed by atoms with Gasteiger partial charge in [0.15, 0.2) is 6.23 Å². The van der Waals surface area contributed by atoms with E-state index in [1.807, 2.05) is 35.7 Å². The molecule has 2 aromatic heterocycles. The fourth-order valence-electron chi connectivity index (χ4n) is 5.02. The maximum atomic E-state index is 12.7. The number of aromatic nitrogens is 1. The van der Waals surface area contributed by atoms with Crippen LogP contribution in [0.4, 0.5) is 22.0 Å². The van der Waals surface area contributed by atoms with Crippen molar-refractivity contribution >= 4 is 34.6 Å². The van der Waals surface area contributed by atoms with Crippen LogP contribution < -0.4 is 16.0 Å². The van der Waals surface area contributed by atoms with Gasteiger partial charge in [0.2, 0.25) is 0 Å². The van der Waals surface area contributed by atoms with Gasteiger partial charge < -0.3 is 25.8 Å². The van der Waals surface area contributed by atoms with Crippen molar-refractivity contribution in [2.75, 3.05) is 35.6 Å². The number of benzene rings is 1. The first kappa shape index (κ1) is 22.3. The van der Waals surface area contributed by atoms with Crippen LogP contribution in [0.5, 0.6) is 0 Å². The van der Waals surface area contributed by atoms with Crippen LogP contribution in [0.25, 0.3) is 10.4 Å². The summed E-state index contributed by atoms with van der Waals surface area (Å²) >= 11 is 1.65. The SMILES string of the molecule is Nc1ccc(-c2cccs2)cc1NC(O)c1ccc(N2CC3(CCN(C4CC4)CC3)OC2=O)nc1. The molecule has 3 fully saturated rings. The Bertz CT molecular complexity index is 1200. The van der Waals surface area contributed by atoms with Gasteiger partial charge in [-0.1, -0.05) is 12.1 Å². The molecule has 0 radical (unpaired) electrons. The number of nitrogens with two attached hydrogens (primary N) is 1. The third kappa shape index (κ3) is 4.47. The maximum Gasteiger partial charge on any atom is 0.416 e. The van der Waals surface area contributed by atoms with Crippen molar-refractivity contribution in [2.24, 2.45) is 0 Å². The van der Waals surface area contributed by atoms with E-state index in [2.05, 4.69) is 15.2 Å². The fourth-order valence-corrected chi connectivity index (χ4v) is 5.75. The summed E-state index contributed by atoms with van der Waals surface area (Å²) in [4.78, 5) is 22.4. The summed E-state index contributed by atoms with van der Waals surface area (Å²) in [6, 6.07) is 14.0. The molecule has 4 N–H and O–H groups in total. The molecule has 8 nitrogen and oxygen atoms in total. The highest BCUT2D eigenvalue weighted by Gasteiger charge is 2.49. The second-order valence-corrected chi connectivity index (χ2v) is 10.6. The van der Waals surface area contributed by atoms with Gasteiger partial charge in [0, 0.05) is 48.6 Å². The van der Waals surface area contributed by atoms with Gasteiger partial charge in [-0.05, 0) is 54.1 Å². The van der Waals surface area contributed by atoms with Gasteiger partial charge in [-0.15, -0.1) is 11.3 Å². The summed E-state index contributed by atoms with van der Waals surface area (Å²) in [5.41, 5.74) is 8.52. The minimum atomic E-state index is -0.999. The number of likely N-dealkylation sites (tertiary alicyclic amines) is 1. The Labute approximate surface area is 208 Å². The molecule has 3 aromatic rings. The molecule has 1 aromatic carbocycles. The monoisotopic (exact) mass is 491 g/mol. The molecule has 1 amide bonds. The largest absolute Gasteiger partial charge is 0.440 e. The maximum absolute atomic E-state index is 12.7. The van der Waals surface area contributed by atoms with Crippen molar-refractivity contribution in [3.63, 3.8) is 0 Å². The number of piperidine rings is 1. The molecule has 1 aliphatic carbocycles. The van der Waals surface area contributed by atoms with Gasteiger partial charge in [0.05, 0.1) is 17.9 Å². The van der Waals surface area contributed by atoms with E-state index in [1.54, 1.807) is 34.6 Å². The average molecular weight is 492 g/mol. The lowest BCUT2D eigenvalue weighted by molar-refractivity contribution is -0.000960. The third-order valence-corrected chi connectivity index (χ3v) is 8.18. The number of thiophene rings is 1. The van der Waals surface area contributed by atoms with Crippen LogP contribution in [0.1, 0.15) is 37.5 Å². The van der Waals surface area contributed by atoms with E-state index in [1.165, 1.54) is 12.8 Å². The predicted molar refractivity (Wildman–Crippen MR) is 137 cm³/mol. The summed E-state index contributed by atoms with van der Waals surface area (Å²) in [5.74, 6) is 0.534. The van der Waals surface area contributed by atoms with Crippen LogP contribution >= 0.6 is 11.3 Å². The number of nitrogens with zero attached hydrogens (tertiary/aromatic N) is 3. The number of anilines is 3. The minimum absolute atomic E-state index is 0.345. The Hall–Kier alpha value is -3.14. The molecule has 2 aliphatic heterocycles. The van der Waals surface area contributed by atoms with Crippen LogP contribution in [-0.4, -0.2) is 52.4 Å². The lowest BCUT2D eigenvalue weighted by atomic mass is 9.91. The molecule has 2 saturated heterocycles. The Morgan fingerprint density at radius 2 is 2.03 bits per heavy atom. The summed E-state index contributed by atoms with van der Waals surface area (Å²) < 4.78 is 5.86. The molecular formula is C26H29N5O3S. The second-order valence-electron chi connectivity index (χ2n) is 9.68. The number of carbonyl (C=O) groups is 1. The van der Waals surface area contributed by atoms with E-state index in [-0.39, 0.29) is 6.09 Å². The first-order valence-corrected chi connectivity index (χ1v) is 13.0. The molecule has 1 unspecified atom stereocenters. The number of hydrogen-bond acceptors (Lipinski definition) is 8. The van der Waals surface area contributed by atoms with Crippen molar-refractivity contribution in [3.05, 3.63) is 59.6 Å².